The van der Waals surface area contributed by atoms with Gasteiger partial charge in [0.15, 0.2) is 9.84 Å². The highest BCUT2D eigenvalue weighted by Crippen LogP contribution is 2.36. The highest BCUT2D eigenvalue weighted by molar-refractivity contribution is 7.92. The molecular weight excluding hydrogens is 304 g/mol. The average Bonchev–Trinajstić information content (AvgIpc) is 3.27. The maximum absolute atomic E-state index is 12.7. The molecule has 3 rings (SSSR count). The molecule has 1 aliphatic carbocycles. The Morgan fingerprint density at radius 3 is 2.64 bits per heavy atom. The molecule has 2 heterocycles. The zero-order valence-electron chi connectivity index (χ0n) is 13.5. The molecule has 0 spiro atoms. The Balaban J connectivity index is 1.62. The Morgan fingerprint density at radius 1 is 1.27 bits per heavy atom. The van der Waals surface area contributed by atoms with Crippen molar-refractivity contribution in [2.45, 2.75) is 37.5 Å². The first-order chi connectivity index (χ1) is 10.3. The van der Waals surface area contributed by atoms with Gasteiger partial charge in [0.2, 0.25) is 5.91 Å². The van der Waals surface area contributed by atoms with Crippen LogP contribution in [0.5, 0.6) is 0 Å². The molecule has 126 valence electrons. The predicted molar refractivity (Wildman–Crippen MR) is 83.3 cm³/mol. The number of rotatable bonds is 3. The number of hydrogen-bond donors (Lipinski definition) is 0. The van der Waals surface area contributed by atoms with Crippen LogP contribution >= 0.6 is 0 Å². The second-order valence-electron chi connectivity index (χ2n) is 7.36. The summed E-state index contributed by atoms with van der Waals surface area (Å²) in [4.78, 5) is 16.6. The van der Waals surface area contributed by atoms with Crippen LogP contribution in [0.3, 0.4) is 0 Å². The van der Waals surface area contributed by atoms with Crippen molar-refractivity contribution < 1.29 is 17.9 Å². The number of hydrogen-bond acceptors (Lipinski definition) is 5. The van der Waals surface area contributed by atoms with Crippen molar-refractivity contribution in [3.63, 3.8) is 0 Å². The van der Waals surface area contributed by atoms with Gasteiger partial charge in [-0.2, -0.15) is 0 Å². The zero-order valence-corrected chi connectivity index (χ0v) is 14.3. The molecule has 0 radical (unpaired) electrons. The van der Waals surface area contributed by atoms with E-state index < -0.39 is 14.6 Å². The van der Waals surface area contributed by atoms with E-state index in [0.29, 0.717) is 45.3 Å². The highest BCUT2D eigenvalue weighted by atomic mass is 32.2. The van der Waals surface area contributed by atoms with Crippen LogP contribution in [0.4, 0.5) is 0 Å². The molecule has 1 atom stereocenters. The van der Waals surface area contributed by atoms with Crippen molar-refractivity contribution in [3.05, 3.63) is 0 Å². The van der Waals surface area contributed by atoms with Crippen molar-refractivity contribution in [1.29, 1.82) is 0 Å². The van der Waals surface area contributed by atoms with Gasteiger partial charge >= 0.3 is 0 Å². The van der Waals surface area contributed by atoms with Crippen LogP contribution in [0, 0.1) is 5.92 Å². The molecule has 2 saturated heterocycles. The van der Waals surface area contributed by atoms with Gasteiger partial charge in [-0.1, -0.05) is 0 Å². The molecule has 0 aromatic heterocycles. The Hall–Kier alpha value is -0.660. The van der Waals surface area contributed by atoms with Crippen LogP contribution < -0.4 is 0 Å². The maximum atomic E-state index is 12.7. The monoisotopic (exact) mass is 330 g/mol. The first-order valence-corrected chi connectivity index (χ1v) is 9.77. The lowest BCUT2D eigenvalue weighted by Gasteiger charge is -2.40. The molecule has 6 nitrogen and oxygen atoms in total. The van der Waals surface area contributed by atoms with E-state index in [1.54, 1.807) is 13.8 Å². The number of amides is 1. The Labute approximate surface area is 132 Å². The topological polar surface area (TPSA) is 66.9 Å². The van der Waals surface area contributed by atoms with Gasteiger partial charge < -0.3 is 9.64 Å². The van der Waals surface area contributed by atoms with E-state index in [1.165, 1.54) is 12.8 Å². The third kappa shape index (κ3) is 3.16. The van der Waals surface area contributed by atoms with E-state index in [4.69, 9.17) is 4.74 Å². The Kier molecular flexibility index (Phi) is 4.24. The maximum Gasteiger partial charge on any atom is 0.237 e. The third-order valence-corrected chi connectivity index (χ3v) is 7.67. The van der Waals surface area contributed by atoms with E-state index in [1.807, 2.05) is 9.80 Å². The van der Waals surface area contributed by atoms with E-state index in [2.05, 4.69) is 0 Å². The summed E-state index contributed by atoms with van der Waals surface area (Å²) in [6.07, 6.45) is 2.37. The van der Waals surface area contributed by atoms with Crippen LogP contribution in [0.15, 0.2) is 0 Å². The van der Waals surface area contributed by atoms with E-state index in [-0.39, 0.29) is 17.7 Å². The van der Waals surface area contributed by atoms with Crippen LogP contribution in [0.25, 0.3) is 0 Å². The molecule has 3 aliphatic rings. The minimum Gasteiger partial charge on any atom is -0.377 e. The number of sulfone groups is 1. The number of carbonyl (C=O) groups is 1. The van der Waals surface area contributed by atoms with Gasteiger partial charge in [-0.25, -0.2) is 8.42 Å². The SMILES string of the molecule is CC1(C)CN(CC(=O)N2CCOCC2C2CC2)CCS1(=O)=O. The smallest absolute Gasteiger partial charge is 0.237 e. The molecule has 7 heteroatoms. The van der Waals surface area contributed by atoms with E-state index in [0.717, 1.165) is 0 Å². The quantitative estimate of drug-likeness (QED) is 0.736. The van der Waals surface area contributed by atoms with Crippen molar-refractivity contribution in [1.82, 2.24) is 9.80 Å². The Morgan fingerprint density at radius 2 is 2.00 bits per heavy atom. The first kappa shape index (κ1) is 16.2. The third-order valence-electron chi connectivity index (χ3n) is 5.13. The molecule has 1 saturated carbocycles. The number of morpholine rings is 1. The standard InChI is InChI=1S/C15H26N2O4S/c1-15(2)11-16(6-8-22(15,19)20)9-14(18)17-5-7-21-10-13(17)12-3-4-12/h12-13H,3-11H2,1-2H3. The summed E-state index contributed by atoms with van der Waals surface area (Å²) in [6.45, 7) is 6.62. The summed E-state index contributed by atoms with van der Waals surface area (Å²) >= 11 is 0. The summed E-state index contributed by atoms with van der Waals surface area (Å²) in [6, 6.07) is 0.225. The zero-order chi connectivity index (χ0) is 16.0. The van der Waals surface area contributed by atoms with Gasteiger partial charge in [0.25, 0.3) is 0 Å². The minimum absolute atomic E-state index is 0.121. The largest absolute Gasteiger partial charge is 0.377 e. The van der Waals surface area contributed by atoms with Crippen LogP contribution in [0.1, 0.15) is 26.7 Å². The molecule has 0 N–H and O–H groups in total. The van der Waals surface area contributed by atoms with Crippen molar-refractivity contribution in [2.24, 2.45) is 5.92 Å². The van der Waals surface area contributed by atoms with E-state index in [9.17, 15) is 13.2 Å². The molecule has 0 aromatic carbocycles. The normalized spacial score (nSPS) is 31.9. The molecule has 0 aromatic rings. The van der Waals surface area contributed by atoms with Gasteiger partial charge in [0, 0.05) is 19.6 Å². The van der Waals surface area contributed by atoms with Crippen molar-refractivity contribution in [2.75, 3.05) is 45.1 Å². The second kappa shape index (κ2) is 5.76. The fourth-order valence-electron chi connectivity index (χ4n) is 3.46. The van der Waals surface area contributed by atoms with Gasteiger partial charge in [-0.3, -0.25) is 9.69 Å². The molecule has 0 bridgehead atoms. The summed E-state index contributed by atoms with van der Waals surface area (Å²) < 4.78 is 28.9. The van der Waals surface area contributed by atoms with Gasteiger partial charge in [0.05, 0.1) is 36.3 Å². The fourth-order valence-corrected chi connectivity index (χ4v) is 4.89. The fraction of sp³-hybridized carbons (Fsp3) is 0.933. The number of carbonyl (C=O) groups excluding carboxylic acids is 1. The van der Waals surface area contributed by atoms with Gasteiger partial charge in [0.1, 0.15) is 0 Å². The molecular formula is C15H26N2O4S. The molecule has 22 heavy (non-hydrogen) atoms. The molecule has 2 aliphatic heterocycles. The molecule has 1 unspecified atom stereocenters. The van der Waals surface area contributed by atoms with Crippen LogP contribution in [-0.4, -0.2) is 80.1 Å². The average molecular weight is 330 g/mol. The number of ether oxygens (including phenoxy) is 1. The van der Waals surface area contributed by atoms with Gasteiger partial charge in [-0.05, 0) is 32.6 Å². The lowest BCUT2D eigenvalue weighted by molar-refractivity contribution is -0.142. The van der Waals surface area contributed by atoms with Crippen LogP contribution in [0.2, 0.25) is 0 Å². The second-order valence-corrected chi connectivity index (χ2v) is 10.1. The molecule has 3 fully saturated rings. The van der Waals surface area contributed by atoms with Crippen molar-refractivity contribution in [3.8, 4) is 0 Å². The predicted octanol–water partition coefficient (Wildman–Crippen LogP) is 0.133. The first-order valence-electron chi connectivity index (χ1n) is 8.12. The summed E-state index contributed by atoms with van der Waals surface area (Å²) in [7, 11) is -3.06. The Bertz CT molecular complexity index is 542. The summed E-state index contributed by atoms with van der Waals surface area (Å²) in [5, 5.41) is 0. The van der Waals surface area contributed by atoms with E-state index >= 15 is 0 Å². The highest BCUT2D eigenvalue weighted by Gasteiger charge is 2.42. The number of nitrogens with zero attached hydrogens (tertiary/aromatic N) is 2. The lowest BCUT2D eigenvalue weighted by Crippen LogP contribution is -2.57. The minimum atomic E-state index is -3.06. The summed E-state index contributed by atoms with van der Waals surface area (Å²) in [5.74, 6) is 0.861. The lowest BCUT2D eigenvalue weighted by atomic mass is 10.1. The van der Waals surface area contributed by atoms with Crippen molar-refractivity contribution >= 4 is 15.7 Å². The molecule has 1 amide bonds. The van der Waals surface area contributed by atoms with Gasteiger partial charge in [-0.15, -0.1) is 0 Å². The van der Waals surface area contributed by atoms with Crippen LogP contribution in [-0.2, 0) is 19.4 Å². The summed E-state index contributed by atoms with van der Waals surface area (Å²) in [5.41, 5.74) is 0.